The number of hydrogen-bond donors (Lipinski definition) is 0. The van der Waals surface area contributed by atoms with Gasteiger partial charge in [-0.2, -0.15) is 26.3 Å². The molecule has 0 saturated heterocycles. The van der Waals surface area contributed by atoms with E-state index in [0.29, 0.717) is 5.39 Å². The van der Waals surface area contributed by atoms with Gasteiger partial charge in [0, 0.05) is 0 Å². The third-order valence-corrected chi connectivity index (χ3v) is 6.16. The van der Waals surface area contributed by atoms with E-state index in [-0.39, 0.29) is 23.0 Å². The zero-order chi connectivity index (χ0) is 26.4. The zero-order valence-corrected chi connectivity index (χ0v) is 19.0. The molecule has 0 fully saturated rings. The van der Waals surface area contributed by atoms with Gasteiger partial charge >= 0.3 is 12.4 Å². The minimum atomic E-state index is -4.91. The highest BCUT2D eigenvalue weighted by Crippen LogP contribution is 2.39. The summed E-state index contributed by atoms with van der Waals surface area (Å²) in [6.07, 6.45) is -9.82. The minimum Gasteiger partial charge on any atom is -0.207 e. The van der Waals surface area contributed by atoms with Crippen LogP contribution in [0.1, 0.15) is 11.1 Å². The number of benzene rings is 5. The van der Waals surface area contributed by atoms with Crippen LogP contribution < -0.4 is 0 Å². The van der Waals surface area contributed by atoms with Crippen molar-refractivity contribution in [3.05, 3.63) is 120 Å². The van der Waals surface area contributed by atoms with Gasteiger partial charge in [0.05, 0.1) is 11.1 Å². The smallest absolute Gasteiger partial charge is 0.207 e. The number of fused-ring (bicyclic) bond motifs is 1. The largest absolute Gasteiger partial charge is 0.416 e. The summed E-state index contributed by atoms with van der Waals surface area (Å²) in [5, 5.41) is 1.46. The molecule has 0 aliphatic carbocycles. The molecule has 0 nitrogen and oxygen atoms in total. The molecule has 0 atom stereocenters. The second-order valence-electron chi connectivity index (χ2n) is 8.66. The van der Waals surface area contributed by atoms with Crippen LogP contribution in [-0.4, -0.2) is 0 Å². The van der Waals surface area contributed by atoms with Crippen molar-refractivity contribution in [1.82, 2.24) is 0 Å². The third kappa shape index (κ3) is 5.21. The average molecular weight is 510 g/mol. The van der Waals surface area contributed by atoms with E-state index < -0.39 is 23.5 Å². The molecule has 186 valence electrons. The summed E-state index contributed by atoms with van der Waals surface area (Å²) >= 11 is 0. The summed E-state index contributed by atoms with van der Waals surface area (Å²) in [6.45, 7) is 0. The molecule has 0 bridgehead atoms. The summed E-state index contributed by atoms with van der Waals surface area (Å²) in [4.78, 5) is 0. The molecule has 0 unspecified atom stereocenters. The molecule has 7 heteroatoms. The van der Waals surface area contributed by atoms with Gasteiger partial charge in [-0.1, -0.05) is 60.7 Å². The first-order valence-corrected chi connectivity index (χ1v) is 11.2. The third-order valence-electron chi connectivity index (χ3n) is 6.16. The molecule has 37 heavy (non-hydrogen) atoms. The highest BCUT2D eigenvalue weighted by atomic mass is 19.4. The van der Waals surface area contributed by atoms with Gasteiger partial charge in [0.15, 0.2) is 0 Å². The maximum atomic E-state index is 13.3. The quantitative estimate of drug-likeness (QED) is 0.212. The van der Waals surface area contributed by atoms with Crippen molar-refractivity contribution in [1.29, 1.82) is 0 Å². The van der Waals surface area contributed by atoms with E-state index in [4.69, 9.17) is 0 Å². The standard InChI is InChI=1S/C30H17F7/c31-28-11-9-19(10-12-28)18-1-3-20(4-2-18)21-5-6-23-14-24(8-7-22(23)13-21)25-15-26(29(32,33)34)17-27(16-25)30(35,36)37/h1-17H. The molecule has 0 radical (unpaired) electrons. The van der Waals surface area contributed by atoms with Crippen LogP contribution in [0.3, 0.4) is 0 Å². The fourth-order valence-corrected chi connectivity index (χ4v) is 4.22. The SMILES string of the molecule is Fc1ccc(-c2ccc(-c3ccc4cc(-c5cc(C(F)(F)F)cc(C(F)(F)F)c5)ccc4c3)cc2)cc1. The van der Waals surface area contributed by atoms with E-state index >= 15 is 0 Å². The molecule has 0 heterocycles. The molecule has 0 aromatic heterocycles. The van der Waals surface area contributed by atoms with Gasteiger partial charge in [-0.3, -0.25) is 0 Å². The normalized spacial score (nSPS) is 12.2. The number of halogens is 7. The zero-order valence-electron chi connectivity index (χ0n) is 19.0. The topological polar surface area (TPSA) is 0 Å². The molecule has 0 aliphatic rings. The van der Waals surface area contributed by atoms with Crippen molar-refractivity contribution < 1.29 is 30.7 Å². The lowest BCUT2D eigenvalue weighted by Gasteiger charge is -2.15. The summed E-state index contributed by atoms with van der Waals surface area (Å²) in [6, 6.07) is 25.7. The van der Waals surface area contributed by atoms with E-state index in [2.05, 4.69) is 0 Å². The fraction of sp³-hybridized carbons (Fsp3) is 0.0667. The van der Waals surface area contributed by atoms with Crippen molar-refractivity contribution in [3.8, 4) is 33.4 Å². The lowest BCUT2D eigenvalue weighted by Crippen LogP contribution is -2.11. The Labute approximate surface area is 207 Å². The van der Waals surface area contributed by atoms with Crippen molar-refractivity contribution in [2.24, 2.45) is 0 Å². The molecule has 0 amide bonds. The second-order valence-corrected chi connectivity index (χ2v) is 8.66. The van der Waals surface area contributed by atoms with Gasteiger partial charge in [0.1, 0.15) is 5.82 Å². The summed E-state index contributed by atoms with van der Waals surface area (Å²) in [5.41, 5.74) is 1.00. The van der Waals surface area contributed by atoms with Gasteiger partial charge in [-0.25, -0.2) is 4.39 Å². The van der Waals surface area contributed by atoms with Crippen molar-refractivity contribution in [2.45, 2.75) is 12.4 Å². The first kappa shape index (κ1) is 24.6. The molecule has 0 spiro atoms. The summed E-state index contributed by atoms with van der Waals surface area (Å²) < 4.78 is 92.8. The Kier molecular flexibility index (Phi) is 6.02. The van der Waals surface area contributed by atoms with Gasteiger partial charge in [-0.05, 0) is 86.6 Å². The minimum absolute atomic E-state index is 0.123. The van der Waals surface area contributed by atoms with Gasteiger partial charge in [-0.15, -0.1) is 0 Å². The van der Waals surface area contributed by atoms with E-state index in [1.807, 2.05) is 36.4 Å². The van der Waals surface area contributed by atoms with E-state index in [0.717, 1.165) is 39.8 Å². The maximum absolute atomic E-state index is 13.3. The van der Waals surface area contributed by atoms with Crippen molar-refractivity contribution >= 4 is 10.8 Å². The highest BCUT2D eigenvalue weighted by Gasteiger charge is 2.37. The van der Waals surface area contributed by atoms with Crippen LogP contribution in [0.4, 0.5) is 30.7 Å². The Morgan fingerprint density at radius 1 is 0.351 bits per heavy atom. The van der Waals surface area contributed by atoms with Crippen LogP contribution in [0.25, 0.3) is 44.2 Å². The van der Waals surface area contributed by atoms with Crippen LogP contribution in [0.2, 0.25) is 0 Å². The monoisotopic (exact) mass is 510 g/mol. The first-order chi connectivity index (χ1) is 17.5. The number of rotatable bonds is 3. The van der Waals surface area contributed by atoms with E-state index in [9.17, 15) is 30.7 Å². The predicted octanol–water partition coefficient (Wildman–Crippen LogP) is 10.0. The lowest BCUT2D eigenvalue weighted by molar-refractivity contribution is -0.143. The average Bonchev–Trinajstić information content (AvgIpc) is 2.87. The van der Waals surface area contributed by atoms with Crippen molar-refractivity contribution in [2.75, 3.05) is 0 Å². The molecular weight excluding hydrogens is 493 g/mol. The molecule has 0 saturated carbocycles. The van der Waals surface area contributed by atoms with Crippen LogP contribution in [0.5, 0.6) is 0 Å². The molecule has 0 aliphatic heterocycles. The van der Waals surface area contributed by atoms with Crippen LogP contribution in [0, 0.1) is 5.82 Å². The number of hydrogen-bond acceptors (Lipinski definition) is 0. The molecular formula is C30H17F7. The predicted molar refractivity (Wildman–Crippen MR) is 130 cm³/mol. The van der Waals surface area contributed by atoms with Crippen molar-refractivity contribution in [3.63, 3.8) is 0 Å². The lowest BCUT2D eigenvalue weighted by atomic mass is 9.95. The van der Waals surface area contributed by atoms with Gasteiger partial charge in [0.2, 0.25) is 0 Å². The van der Waals surface area contributed by atoms with E-state index in [1.54, 1.807) is 30.3 Å². The Bertz CT molecular complexity index is 1540. The van der Waals surface area contributed by atoms with Crippen LogP contribution in [0.15, 0.2) is 103 Å². The Balaban J connectivity index is 1.48. The molecule has 0 N–H and O–H groups in total. The summed E-state index contributed by atoms with van der Waals surface area (Å²) in [5.74, 6) is -0.312. The first-order valence-electron chi connectivity index (χ1n) is 11.2. The number of alkyl halides is 6. The second kappa shape index (κ2) is 9.07. The molecule has 5 aromatic carbocycles. The van der Waals surface area contributed by atoms with Gasteiger partial charge < -0.3 is 0 Å². The fourth-order valence-electron chi connectivity index (χ4n) is 4.22. The van der Waals surface area contributed by atoms with E-state index in [1.165, 1.54) is 18.2 Å². The molecule has 5 rings (SSSR count). The maximum Gasteiger partial charge on any atom is 0.416 e. The molecule has 5 aromatic rings. The Hall–Kier alpha value is -4.13. The van der Waals surface area contributed by atoms with Gasteiger partial charge in [0.25, 0.3) is 0 Å². The summed E-state index contributed by atoms with van der Waals surface area (Å²) in [7, 11) is 0. The Morgan fingerprint density at radius 3 is 1.14 bits per heavy atom. The highest BCUT2D eigenvalue weighted by molar-refractivity contribution is 5.91. The van der Waals surface area contributed by atoms with Crippen LogP contribution >= 0.6 is 0 Å². The van der Waals surface area contributed by atoms with Crippen LogP contribution in [-0.2, 0) is 12.4 Å². The Morgan fingerprint density at radius 2 is 0.703 bits per heavy atom.